The van der Waals surface area contributed by atoms with Crippen LogP contribution in [0, 0.1) is 10.8 Å². The molecule has 0 aromatic rings. The fraction of sp³-hybridized carbons (Fsp3) is 0. The summed E-state index contributed by atoms with van der Waals surface area (Å²) in [5.41, 5.74) is 0. The summed E-state index contributed by atoms with van der Waals surface area (Å²) in [4.78, 5) is 0. The highest BCUT2D eigenvalue weighted by Gasteiger charge is 1.79. The molecule has 0 amide bonds. The van der Waals surface area contributed by atoms with Crippen molar-refractivity contribution in [1.82, 2.24) is 0 Å². The highest BCUT2D eigenvalue weighted by molar-refractivity contribution is 5.75. The average Bonchev–Trinajstić information content (AvgIpc) is 0.811. The van der Waals surface area contributed by atoms with Gasteiger partial charge in [-0.15, -0.1) is 0 Å². The van der Waals surface area contributed by atoms with Crippen molar-refractivity contribution in [2.24, 2.45) is 0 Å². The van der Waals surface area contributed by atoms with Gasteiger partial charge in [0.2, 0.25) is 0 Å². The lowest BCUT2D eigenvalue weighted by Crippen LogP contribution is -2.30. The van der Waals surface area contributed by atoms with Crippen LogP contribution in [-0.4, -0.2) is 13.1 Å². The third kappa shape index (κ3) is 11300. The van der Waals surface area contributed by atoms with E-state index in [1.165, 1.54) is 0 Å². The normalized spacial score (nSPS) is 5.14. The van der Waals surface area contributed by atoms with Gasteiger partial charge in [-0.25, -0.2) is 0 Å². The Bertz CT molecular complexity index is 17.7. The van der Waals surface area contributed by atoms with Crippen molar-refractivity contribution in [2.45, 2.75) is 0 Å². The molecule has 0 fully saturated rings. The van der Waals surface area contributed by atoms with Crippen molar-refractivity contribution in [1.29, 1.82) is 0 Å². The van der Waals surface area contributed by atoms with Crippen LogP contribution in [0.5, 0.6) is 0 Å². The van der Waals surface area contributed by atoms with Crippen LogP contribution in [0.3, 0.4) is 0 Å². The molecule has 0 unspecified atom stereocenters. The largest absolute Gasteiger partial charge is 0.321 e. The third-order valence-corrected chi connectivity index (χ3v) is 0. The summed E-state index contributed by atoms with van der Waals surface area (Å²) < 4.78 is 24.0. The van der Waals surface area contributed by atoms with Crippen molar-refractivity contribution in [2.75, 3.05) is 0 Å². The quantitative estimate of drug-likeness (QED) is 0.360. The monoisotopic (exact) mass is 135 g/mol. The van der Waals surface area contributed by atoms with Gasteiger partial charge in [-0.05, 0) is 0 Å². The Labute approximate surface area is 43.7 Å². The van der Waals surface area contributed by atoms with Gasteiger partial charge >= 0.3 is 0 Å². The fourth-order valence-electron chi connectivity index (χ4n) is 0. The zero-order chi connectivity index (χ0) is 3.58. The SMILES string of the molecule is F.F.[B].[O-][Cl+2]([O-])O. The smallest absolute Gasteiger partial charge is 0.282 e. The lowest BCUT2D eigenvalue weighted by molar-refractivity contribution is -1.63. The number of rotatable bonds is 0. The van der Waals surface area contributed by atoms with E-state index in [1.807, 2.05) is 0 Å². The maximum atomic E-state index is 8.52. The Morgan fingerprint density at radius 3 is 1.14 bits per heavy atom. The zero-order valence-electron chi connectivity index (χ0n) is 3.04. The Balaban J connectivity index is -0.0000000150. The van der Waals surface area contributed by atoms with Gasteiger partial charge in [-0.2, -0.15) is 0 Å². The first-order chi connectivity index (χ1) is 1.73. The molecule has 0 spiro atoms. The number of halogens is 3. The molecule has 0 heterocycles. The summed E-state index contributed by atoms with van der Waals surface area (Å²) in [6.07, 6.45) is 0. The predicted octanol–water partition coefficient (Wildman–Crippen LogP) is -3.01. The molecule has 0 aliphatic heterocycles. The Morgan fingerprint density at radius 1 is 1.14 bits per heavy atom. The molecule has 7 heteroatoms. The van der Waals surface area contributed by atoms with E-state index in [-0.39, 0.29) is 17.8 Å². The minimum atomic E-state index is -2.60. The number of hydrogen-bond acceptors (Lipinski definition) is 3. The van der Waals surface area contributed by atoms with E-state index in [2.05, 4.69) is 0 Å². The van der Waals surface area contributed by atoms with Crippen molar-refractivity contribution in [3.63, 3.8) is 0 Å². The molecule has 1 N–H and O–H groups in total. The van der Waals surface area contributed by atoms with Crippen LogP contribution in [-0.2, 0) is 0 Å². The second kappa shape index (κ2) is 16.5. The second-order valence-electron chi connectivity index (χ2n) is 0.201. The molecular weight excluding hydrogens is 132 g/mol. The highest BCUT2D eigenvalue weighted by Crippen LogP contribution is 1.38. The minimum absolute atomic E-state index is 0. The van der Waals surface area contributed by atoms with Crippen LogP contribution >= 0.6 is 0 Å². The Hall–Kier alpha value is 0.0949. The Kier molecular flexibility index (Phi) is 64.9. The molecule has 0 aromatic carbocycles. The van der Waals surface area contributed by atoms with Crippen LogP contribution in [0.15, 0.2) is 0 Å². The van der Waals surface area contributed by atoms with E-state index in [1.54, 1.807) is 0 Å². The first-order valence-electron chi connectivity index (χ1n) is 0.478. The van der Waals surface area contributed by atoms with Crippen molar-refractivity contribution in [3.05, 3.63) is 0 Å². The summed E-state index contributed by atoms with van der Waals surface area (Å²) in [5, 5.41) is 0. The fourth-order valence-corrected chi connectivity index (χ4v) is 0. The minimum Gasteiger partial charge on any atom is -0.321 e. The van der Waals surface area contributed by atoms with Crippen molar-refractivity contribution >= 4 is 8.41 Å². The third-order valence-electron chi connectivity index (χ3n) is 0. The summed E-state index contributed by atoms with van der Waals surface area (Å²) in [7, 11) is -2.60. The van der Waals surface area contributed by atoms with Gasteiger partial charge < -0.3 is 9.32 Å². The summed E-state index contributed by atoms with van der Waals surface area (Å²) >= 11 is 0. The average molecular weight is 135 g/mol. The van der Waals surface area contributed by atoms with Crippen molar-refractivity contribution < 1.29 is 34.2 Å². The summed E-state index contributed by atoms with van der Waals surface area (Å²) in [6.45, 7) is 0. The van der Waals surface area contributed by atoms with E-state index >= 15 is 0 Å². The standard InChI is InChI=1S/B.ClHO3.2FH/c;2-1(3)4;;/h;2H;2*1H. The van der Waals surface area contributed by atoms with Gasteiger partial charge in [-0.3, -0.25) is 9.41 Å². The molecule has 0 atom stereocenters. The van der Waals surface area contributed by atoms with E-state index in [4.69, 9.17) is 14.0 Å². The predicted molar refractivity (Wildman–Crippen MR) is 13.0 cm³/mol. The van der Waals surface area contributed by atoms with Crippen molar-refractivity contribution in [3.8, 4) is 0 Å². The first kappa shape index (κ1) is 27.5. The number of hydrogen-bond donors (Lipinski definition) is 1. The van der Waals surface area contributed by atoms with Gasteiger partial charge in [-0.1, -0.05) is 0 Å². The molecule has 45 valence electrons. The first-order valence-corrected chi connectivity index (χ1v) is 1.43. The lowest BCUT2D eigenvalue weighted by atomic mass is 10.8. The molecule has 0 rings (SSSR count). The van der Waals surface area contributed by atoms with Crippen LogP contribution in [0.1, 0.15) is 0 Å². The Morgan fingerprint density at radius 2 is 1.14 bits per heavy atom. The van der Waals surface area contributed by atoms with Gasteiger partial charge in [0.05, 0.1) is 0 Å². The molecule has 0 saturated carbocycles. The van der Waals surface area contributed by atoms with E-state index < -0.39 is 10.8 Å². The molecule has 0 bridgehead atoms. The van der Waals surface area contributed by atoms with E-state index in [0.29, 0.717) is 0 Å². The van der Waals surface area contributed by atoms with Gasteiger partial charge in [0.25, 0.3) is 10.8 Å². The maximum absolute atomic E-state index is 8.52. The van der Waals surface area contributed by atoms with Crippen LogP contribution in [0.25, 0.3) is 0 Å². The molecular formula is H3BClF2O3. The lowest BCUT2D eigenvalue weighted by Gasteiger charge is -1.72. The molecule has 0 aliphatic carbocycles. The second-order valence-corrected chi connectivity index (χ2v) is 0.603. The van der Waals surface area contributed by atoms with Gasteiger partial charge in [0.1, 0.15) is 0 Å². The molecule has 0 aromatic heterocycles. The zero-order valence-corrected chi connectivity index (χ0v) is 3.79. The van der Waals surface area contributed by atoms with E-state index in [0.717, 1.165) is 0 Å². The molecule has 0 saturated heterocycles. The molecule has 7 heavy (non-hydrogen) atoms. The van der Waals surface area contributed by atoms with Gasteiger partial charge in [0, 0.05) is 13.1 Å². The van der Waals surface area contributed by atoms with E-state index in [9.17, 15) is 0 Å². The molecule has 3 radical (unpaired) electrons. The highest BCUT2D eigenvalue weighted by atomic mass is 35.6. The van der Waals surface area contributed by atoms with Crippen LogP contribution in [0.4, 0.5) is 9.41 Å². The summed E-state index contributed by atoms with van der Waals surface area (Å²) in [6, 6.07) is 0. The molecule has 0 aliphatic rings. The van der Waals surface area contributed by atoms with Gasteiger partial charge in [0.15, 0.2) is 0 Å². The topological polar surface area (TPSA) is 66.3 Å². The molecule has 3 nitrogen and oxygen atoms in total. The maximum Gasteiger partial charge on any atom is 0.282 e. The summed E-state index contributed by atoms with van der Waals surface area (Å²) in [5.74, 6) is 0. The van der Waals surface area contributed by atoms with Crippen LogP contribution < -0.4 is 9.32 Å². The van der Waals surface area contributed by atoms with Crippen LogP contribution in [0.2, 0.25) is 0 Å².